The van der Waals surface area contributed by atoms with Crippen LogP contribution in [-0.4, -0.2) is 43.9 Å². The lowest BCUT2D eigenvalue weighted by Crippen LogP contribution is -2.51. The number of amides is 2. The summed E-state index contributed by atoms with van der Waals surface area (Å²) in [5, 5.41) is 9.79. The van der Waals surface area contributed by atoms with Crippen molar-refractivity contribution in [2.24, 2.45) is 11.8 Å². The number of sulfone groups is 1. The van der Waals surface area contributed by atoms with Crippen molar-refractivity contribution in [2.45, 2.75) is 52.0 Å². The SMILES string of the molecule is CC(C)CC(=O)N1c2ccc(-c3ccc(S(=O)(=O)CC(C)C)cc3)cc2N(C(=O)O)C[C@@H]1C. The third-order valence-electron chi connectivity index (χ3n) is 5.60. The molecule has 0 spiro atoms. The molecule has 2 aromatic rings. The molecule has 1 aliphatic rings. The molecular weight excluding hydrogens is 440 g/mol. The summed E-state index contributed by atoms with van der Waals surface area (Å²) in [5.74, 6) is 0.268. The Bertz CT molecular complexity index is 1140. The quantitative estimate of drug-likeness (QED) is 0.635. The van der Waals surface area contributed by atoms with Crippen LogP contribution < -0.4 is 9.80 Å². The molecule has 0 fully saturated rings. The van der Waals surface area contributed by atoms with Crippen molar-refractivity contribution < 1.29 is 23.1 Å². The number of carboxylic acid groups (broad SMARTS) is 1. The van der Waals surface area contributed by atoms with Gasteiger partial charge in [-0.05, 0) is 54.2 Å². The predicted octanol–water partition coefficient (Wildman–Crippen LogP) is 5.05. The number of rotatable bonds is 6. The molecule has 2 aromatic carbocycles. The number of carbonyl (C=O) groups excluding carboxylic acids is 1. The van der Waals surface area contributed by atoms with E-state index in [1.807, 2.05) is 40.7 Å². The van der Waals surface area contributed by atoms with Crippen molar-refractivity contribution in [1.82, 2.24) is 0 Å². The molecule has 1 N–H and O–H groups in total. The number of hydrogen-bond donors (Lipinski definition) is 1. The number of fused-ring (bicyclic) bond motifs is 1. The Morgan fingerprint density at radius 3 is 2.12 bits per heavy atom. The van der Waals surface area contributed by atoms with Gasteiger partial charge < -0.3 is 10.0 Å². The van der Waals surface area contributed by atoms with Crippen LogP contribution in [0.4, 0.5) is 16.2 Å². The highest BCUT2D eigenvalue weighted by molar-refractivity contribution is 7.91. The zero-order valence-electron chi connectivity index (χ0n) is 19.8. The van der Waals surface area contributed by atoms with Crippen LogP contribution in [0.3, 0.4) is 0 Å². The van der Waals surface area contributed by atoms with E-state index >= 15 is 0 Å². The lowest BCUT2D eigenvalue weighted by molar-refractivity contribution is -0.119. The van der Waals surface area contributed by atoms with Gasteiger partial charge in [0.05, 0.1) is 28.1 Å². The molecule has 7 nitrogen and oxygen atoms in total. The minimum atomic E-state index is -3.36. The third-order valence-corrected chi connectivity index (χ3v) is 7.69. The second-order valence-electron chi connectivity index (χ2n) is 9.51. The van der Waals surface area contributed by atoms with Crippen molar-refractivity contribution in [1.29, 1.82) is 0 Å². The molecule has 0 radical (unpaired) electrons. The highest BCUT2D eigenvalue weighted by atomic mass is 32.2. The van der Waals surface area contributed by atoms with Crippen LogP contribution in [0.25, 0.3) is 11.1 Å². The first-order valence-corrected chi connectivity index (χ1v) is 12.9. The Labute approximate surface area is 195 Å². The van der Waals surface area contributed by atoms with Gasteiger partial charge in [0, 0.05) is 13.0 Å². The molecule has 0 bridgehead atoms. The predicted molar refractivity (Wildman–Crippen MR) is 131 cm³/mol. The van der Waals surface area contributed by atoms with Crippen LogP contribution in [0, 0.1) is 11.8 Å². The van der Waals surface area contributed by atoms with Gasteiger partial charge in [-0.2, -0.15) is 0 Å². The van der Waals surface area contributed by atoms with E-state index in [0.29, 0.717) is 17.8 Å². The summed E-state index contributed by atoms with van der Waals surface area (Å²) >= 11 is 0. The topological polar surface area (TPSA) is 95.0 Å². The monoisotopic (exact) mass is 472 g/mol. The van der Waals surface area contributed by atoms with Crippen LogP contribution in [0.2, 0.25) is 0 Å². The molecule has 1 atom stereocenters. The van der Waals surface area contributed by atoms with Crippen molar-refractivity contribution in [2.75, 3.05) is 22.1 Å². The molecule has 0 saturated carbocycles. The maximum Gasteiger partial charge on any atom is 0.411 e. The summed E-state index contributed by atoms with van der Waals surface area (Å²) in [6, 6.07) is 11.7. The molecule has 33 heavy (non-hydrogen) atoms. The van der Waals surface area contributed by atoms with Gasteiger partial charge >= 0.3 is 6.09 Å². The zero-order valence-corrected chi connectivity index (χ0v) is 20.6. The van der Waals surface area contributed by atoms with E-state index in [9.17, 15) is 23.1 Å². The van der Waals surface area contributed by atoms with Crippen molar-refractivity contribution in [3.63, 3.8) is 0 Å². The van der Waals surface area contributed by atoms with Gasteiger partial charge in [0.2, 0.25) is 5.91 Å². The van der Waals surface area contributed by atoms with Crippen LogP contribution in [0.1, 0.15) is 41.0 Å². The van der Waals surface area contributed by atoms with E-state index in [2.05, 4.69) is 0 Å². The summed E-state index contributed by atoms with van der Waals surface area (Å²) in [5.41, 5.74) is 2.54. The number of nitrogens with zero attached hydrogens (tertiary/aromatic N) is 2. The van der Waals surface area contributed by atoms with E-state index in [1.165, 1.54) is 4.90 Å². The largest absolute Gasteiger partial charge is 0.465 e. The zero-order chi connectivity index (χ0) is 24.5. The molecule has 2 amide bonds. The summed E-state index contributed by atoms with van der Waals surface area (Å²) in [4.78, 5) is 28.1. The first kappa shape index (κ1) is 24.8. The van der Waals surface area contributed by atoms with Crippen LogP contribution >= 0.6 is 0 Å². The van der Waals surface area contributed by atoms with Gasteiger partial charge in [0.1, 0.15) is 0 Å². The minimum absolute atomic E-state index is 0.0288. The second-order valence-corrected chi connectivity index (χ2v) is 11.5. The maximum atomic E-state index is 12.9. The molecule has 0 unspecified atom stereocenters. The number of hydrogen-bond acceptors (Lipinski definition) is 4. The molecule has 1 heterocycles. The first-order chi connectivity index (χ1) is 15.4. The average molecular weight is 473 g/mol. The average Bonchev–Trinajstić information content (AvgIpc) is 2.71. The van der Waals surface area contributed by atoms with Crippen molar-refractivity contribution in [3.05, 3.63) is 42.5 Å². The smallest absolute Gasteiger partial charge is 0.411 e. The van der Waals surface area contributed by atoms with Crippen LogP contribution in [-0.2, 0) is 14.6 Å². The molecule has 8 heteroatoms. The highest BCUT2D eigenvalue weighted by Gasteiger charge is 2.35. The van der Waals surface area contributed by atoms with Gasteiger partial charge in [-0.1, -0.05) is 45.9 Å². The van der Waals surface area contributed by atoms with Gasteiger partial charge in [-0.3, -0.25) is 9.69 Å². The summed E-state index contributed by atoms with van der Waals surface area (Å²) in [6.07, 6.45) is -0.698. The van der Waals surface area contributed by atoms with Gasteiger partial charge in [-0.25, -0.2) is 13.2 Å². The minimum Gasteiger partial charge on any atom is -0.465 e. The first-order valence-electron chi connectivity index (χ1n) is 11.2. The van der Waals surface area contributed by atoms with Gasteiger partial charge in [0.25, 0.3) is 0 Å². The van der Waals surface area contributed by atoms with Crippen molar-refractivity contribution in [3.8, 4) is 11.1 Å². The molecule has 3 rings (SSSR count). The van der Waals surface area contributed by atoms with Crippen LogP contribution in [0.15, 0.2) is 47.4 Å². The molecule has 1 aliphatic heterocycles. The Morgan fingerprint density at radius 2 is 1.58 bits per heavy atom. The molecule has 0 aliphatic carbocycles. The number of anilines is 2. The fourth-order valence-corrected chi connectivity index (χ4v) is 5.82. The van der Waals surface area contributed by atoms with Gasteiger partial charge in [-0.15, -0.1) is 0 Å². The fraction of sp³-hybridized carbons (Fsp3) is 0.440. The summed E-state index contributed by atoms with van der Waals surface area (Å²) in [6.45, 7) is 9.71. The fourth-order valence-electron chi connectivity index (χ4n) is 4.20. The number of carbonyl (C=O) groups is 2. The Kier molecular flexibility index (Phi) is 7.17. The lowest BCUT2D eigenvalue weighted by Gasteiger charge is -2.40. The second kappa shape index (κ2) is 9.55. The van der Waals surface area contributed by atoms with E-state index in [4.69, 9.17) is 0 Å². The third kappa shape index (κ3) is 5.38. The Morgan fingerprint density at radius 1 is 0.970 bits per heavy atom. The Balaban J connectivity index is 2.01. The lowest BCUT2D eigenvalue weighted by atomic mass is 10.00. The van der Waals surface area contributed by atoms with Gasteiger partial charge in [0.15, 0.2) is 9.84 Å². The van der Waals surface area contributed by atoms with E-state index < -0.39 is 15.9 Å². The molecular formula is C25H32N2O5S. The number of benzene rings is 2. The molecule has 0 saturated heterocycles. The van der Waals surface area contributed by atoms with Crippen LogP contribution in [0.5, 0.6) is 0 Å². The van der Waals surface area contributed by atoms with E-state index in [0.717, 1.165) is 11.1 Å². The van der Waals surface area contributed by atoms with E-state index in [-0.39, 0.29) is 41.0 Å². The summed E-state index contributed by atoms with van der Waals surface area (Å²) in [7, 11) is -3.36. The molecule has 0 aromatic heterocycles. The highest BCUT2D eigenvalue weighted by Crippen LogP contribution is 2.39. The summed E-state index contributed by atoms with van der Waals surface area (Å²) < 4.78 is 25.0. The van der Waals surface area contributed by atoms with E-state index in [1.54, 1.807) is 41.3 Å². The normalized spacial score (nSPS) is 16.3. The Hall–Kier alpha value is -2.87. The maximum absolute atomic E-state index is 12.9. The standard InChI is InChI=1S/C25H32N2O5S/c1-16(2)12-24(28)27-18(5)14-26(25(29)30)23-13-20(8-11-22(23)27)19-6-9-21(10-7-19)33(31,32)15-17(3)4/h6-11,13,16-18H,12,14-15H2,1-5H3,(H,29,30)/t18-/m0/s1. The van der Waals surface area contributed by atoms with Crippen molar-refractivity contribution >= 4 is 33.2 Å². The molecule has 178 valence electrons.